The summed E-state index contributed by atoms with van der Waals surface area (Å²) >= 11 is 6.02. The summed E-state index contributed by atoms with van der Waals surface area (Å²) in [5.41, 5.74) is 1.27. The van der Waals surface area contributed by atoms with Crippen molar-refractivity contribution in [2.24, 2.45) is 11.1 Å². The summed E-state index contributed by atoms with van der Waals surface area (Å²) in [6.07, 6.45) is 9.15. The van der Waals surface area contributed by atoms with Gasteiger partial charge in [0, 0.05) is 12.3 Å². The molecule has 0 spiro atoms. The predicted molar refractivity (Wildman–Crippen MR) is 63.4 cm³/mol. The molecule has 0 aromatic rings. The van der Waals surface area contributed by atoms with Gasteiger partial charge in [0.15, 0.2) is 0 Å². The average molecular weight is 230 g/mol. The Morgan fingerprint density at radius 1 is 1.27 bits per heavy atom. The minimum atomic E-state index is 0.0667. The van der Waals surface area contributed by atoms with Gasteiger partial charge in [-0.05, 0) is 19.8 Å². The van der Waals surface area contributed by atoms with Crippen LogP contribution in [-0.4, -0.2) is 17.2 Å². The van der Waals surface area contributed by atoms with Crippen LogP contribution in [0.15, 0.2) is 5.16 Å². The van der Waals surface area contributed by atoms with Crippen molar-refractivity contribution in [1.82, 2.24) is 0 Å². The minimum absolute atomic E-state index is 0.0667. The molecule has 0 N–H and O–H groups in total. The smallest absolute Gasteiger partial charge is 0.148 e. The molecule has 2 atom stereocenters. The van der Waals surface area contributed by atoms with Gasteiger partial charge in [-0.3, -0.25) is 0 Å². The highest BCUT2D eigenvalue weighted by Crippen LogP contribution is 2.29. The summed E-state index contributed by atoms with van der Waals surface area (Å²) in [4.78, 5) is 5.38. The largest absolute Gasteiger partial charge is 0.391 e. The van der Waals surface area contributed by atoms with Gasteiger partial charge < -0.3 is 4.84 Å². The van der Waals surface area contributed by atoms with Gasteiger partial charge in [-0.1, -0.05) is 30.8 Å². The third-order valence-corrected chi connectivity index (χ3v) is 3.84. The van der Waals surface area contributed by atoms with Crippen LogP contribution in [0.3, 0.4) is 0 Å². The second kappa shape index (κ2) is 5.20. The molecule has 2 rings (SSSR count). The topological polar surface area (TPSA) is 21.6 Å². The normalized spacial score (nSPS) is 30.5. The van der Waals surface area contributed by atoms with Crippen LogP contribution in [0.1, 0.15) is 51.9 Å². The van der Waals surface area contributed by atoms with E-state index in [1.165, 1.54) is 44.2 Å². The lowest BCUT2D eigenvalue weighted by atomic mass is 9.91. The van der Waals surface area contributed by atoms with Crippen molar-refractivity contribution in [1.29, 1.82) is 0 Å². The van der Waals surface area contributed by atoms with Gasteiger partial charge in [-0.15, -0.1) is 11.6 Å². The van der Waals surface area contributed by atoms with Crippen LogP contribution in [0.4, 0.5) is 0 Å². The van der Waals surface area contributed by atoms with Crippen molar-refractivity contribution in [3.05, 3.63) is 0 Å². The molecule has 0 bridgehead atoms. The van der Waals surface area contributed by atoms with Crippen LogP contribution in [-0.2, 0) is 4.84 Å². The molecule has 1 fully saturated rings. The number of alkyl halides is 1. The molecule has 2 nitrogen and oxygen atoms in total. The van der Waals surface area contributed by atoms with Crippen LogP contribution in [0.25, 0.3) is 0 Å². The zero-order chi connectivity index (χ0) is 10.7. The number of oxime groups is 1. The minimum Gasteiger partial charge on any atom is -0.391 e. The van der Waals surface area contributed by atoms with E-state index in [1.807, 2.05) is 6.92 Å². The molecule has 0 amide bonds. The first-order valence-electron chi connectivity index (χ1n) is 6.14. The quantitative estimate of drug-likeness (QED) is 0.522. The maximum Gasteiger partial charge on any atom is 0.148 e. The first-order valence-corrected chi connectivity index (χ1v) is 6.57. The maximum atomic E-state index is 6.02. The monoisotopic (exact) mass is 229 g/mol. The summed E-state index contributed by atoms with van der Waals surface area (Å²) in [5.74, 6) is 0.674. The first-order chi connectivity index (χ1) is 7.27. The Labute approximate surface area is 97.0 Å². The Morgan fingerprint density at radius 3 is 2.47 bits per heavy atom. The van der Waals surface area contributed by atoms with Crippen molar-refractivity contribution in [3.63, 3.8) is 0 Å². The van der Waals surface area contributed by atoms with Crippen LogP contribution >= 0.6 is 11.6 Å². The van der Waals surface area contributed by atoms with Crippen LogP contribution in [0.2, 0.25) is 0 Å². The standard InChI is InChI=1S/C12H20ClNO/c1-9(13)12-8-11(14-15-12)10-6-4-2-3-5-7-10/h9-10,12H,2-8H2,1H3. The Balaban J connectivity index is 1.88. The number of rotatable bonds is 2. The Morgan fingerprint density at radius 2 is 1.93 bits per heavy atom. The van der Waals surface area contributed by atoms with E-state index in [0.717, 1.165) is 6.42 Å². The van der Waals surface area contributed by atoms with Gasteiger partial charge >= 0.3 is 0 Å². The highest BCUT2D eigenvalue weighted by Gasteiger charge is 2.30. The zero-order valence-electron chi connectivity index (χ0n) is 9.42. The van der Waals surface area contributed by atoms with Crippen LogP contribution in [0, 0.1) is 5.92 Å². The van der Waals surface area contributed by atoms with Crippen molar-refractivity contribution in [2.75, 3.05) is 0 Å². The van der Waals surface area contributed by atoms with E-state index >= 15 is 0 Å². The maximum absolute atomic E-state index is 6.02. The molecule has 1 heterocycles. The average Bonchev–Trinajstić information content (AvgIpc) is 2.55. The highest BCUT2D eigenvalue weighted by atomic mass is 35.5. The fraction of sp³-hybridized carbons (Fsp3) is 0.917. The molecule has 1 aliphatic heterocycles. The van der Waals surface area contributed by atoms with Gasteiger partial charge in [0.25, 0.3) is 0 Å². The van der Waals surface area contributed by atoms with E-state index in [9.17, 15) is 0 Å². The van der Waals surface area contributed by atoms with E-state index in [0.29, 0.717) is 5.92 Å². The first kappa shape index (κ1) is 11.3. The lowest BCUT2D eigenvalue weighted by Gasteiger charge is -2.13. The summed E-state index contributed by atoms with van der Waals surface area (Å²) in [5, 5.41) is 4.30. The SMILES string of the molecule is CC(Cl)C1CC(C2CCCCCC2)=NO1. The van der Waals surface area contributed by atoms with Crippen molar-refractivity contribution in [3.8, 4) is 0 Å². The lowest BCUT2D eigenvalue weighted by molar-refractivity contribution is 0.0854. The molecule has 2 unspecified atom stereocenters. The van der Waals surface area contributed by atoms with Crippen LogP contribution < -0.4 is 0 Å². The number of halogens is 1. The Bertz CT molecular complexity index is 232. The van der Waals surface area contributed by atoms with E-state index < -0.39 is 0 Å². The molecular formula is C12H20ClNO. The molecule has 0 aromatic heterocycles. The molecule has 0 saturated heterocycles. The second-order valence-corrected chi connectivity index (χ2v) is 5.49. The van der Waals surface area contributed by atoms with Crippen molar-refractivity contribution >= 4 is 17.3 Å². The van der Waals surface area contributed by atoms with Gasteiger partial charge in [0.2, 0.25) is 0 Å². The van der Waals surface area contributed by atoms with Gasteiger partial charge in [0.1, 0.15) is 6.10 Å². The van der Waals surface area contributed by atoms with E-state index in [4.69, 9.17) is 16.4 Å². The van der Waals surface area contributed by atoms with Gasteiger partial charge in [-0.25, -0.2) is 0 Å². The summed E-state index contributed by atoms with van der Waals surface area (Å²) in [7, 11) is 0. The molecule has 1 aliphatic carbocycles. The van der Waals surface area contributed by atoms with Gasteiger partial charge in [0.05, 0.1) is 11.1 Å². The molecule has 86 valence electrons. The fourth-order valence-corrected chi connectivity index (χ4v) is 2.65. The lowest BCUT2D eigenvalue weighted by Crippen LogP contribution is -2.20. The summed E-state index contributed by atoms with van der Waals surface area (Å²) in [6, 6.07) is 0. The number of hydrogen-bond donors (Lipinski definition) is 0. The number of hydrogen-bond acceptors (Lipinski definition) is 2. The van der Waals surface area contributed by atoms with E-state index in [-0.39, 0.29) is 11.5 Å². The second-order valence-electron chi connectivity index (χ2n) is 4.80. The Hall–Kier alpha value is -0.240. The molecule has 1 saturated carbocycles. The summed E-state index contributed by atoms with van der Waals surface area (Å²) in [6.45, 7) is 1.98. The van der Waals surface area contributed by atoms with Crippen molar-refractivity contribution < 1.29 is 4.84 Å². The van der Waals surface area contributed by atoms with Gasteiger partial charge in [-0.2, -0.15) is 0 Å². The van der Waals surface area contributed by atoms with Crippen LogP contribution in [0.5, 0.6) is 0 Å². The predicted octanol–water partition coefficient (Wildman–Crippen LogP) is 3.73. The molecule has 3 heteroatoms. The summed E-state index contributed by atoms with van der Waals surface area (Å²) < 4.78 is 0. The zero-order valence-corrected chi connectivity index (χ0v) is 10.2. The molecule has 0 aromatic carbocycles. The Kier molecular flexibility index (Phi) is 3.90. The fourth-order valence-electron chi connectivity index (χ4n) is 2.52. The molecular weight excluding hydrogens is 210 g/mol. The van der Waals surface area contributed by atoms with E-state index in [1.54, 1.807) is 0 Å². The van der Waals surface area contributed by atoms with E-state index in [2.05, 4.69) is 5.16 Å². The number of nitrogens with zero attached hydrogens (tertiary/aromatic N) is 1. The third kappa shape index (κ3) is 2.87. The molecule has 15 heavy (non-hydrogen) atoms. The molecule has 2 aliphatic rings. The highest BCUT2D eigenvalue weighted by molar-refractivity contribution is 6.21. The third-order valence-electron chi connectivity index (χ3n) is 3.55. The molecule has 0 radical (unpaired) electrons. The van der Waals surface area contributed by atoms with Crippen molar-refractivity contribution in [2.45, 2.75) is 63.4 Å².